The molecule has 0 fully saturated rings. The van der Waals surface area contributed by atoms with Crippen molar-refractivity contribution >= 4 is 17.3 Å². The maximum Gasteiger partial charge on any atom is 0.451 e. The molecule has 0 aromatic carbocycles. The molecule has 7 nitrogen and oxygen atoms in total. The first-order chi connectivity index (χ1) is 8.57. The third-order valence-corrected chi connectivity index (χ3v) is 2.63. The van der Waals surface area contributed by atoms with Crippen LogP contribution in [0.2, 0.25) is 0 Å². The molecule has 19 heavy (non-hydrogen) atoms. The molecule has 1 aromatic heterocycles. The molecule has 0 unspecified atom stereocenters. The van der Waals surface area contributed by atoms with Gasteiger partial charge in [0, 0.05) is 21.1 Å². The van der Waals surface area contributed by atoms with E-state index in [0.29, 0.717) is 4.57 Å². The van der Waals surface area contributed by atoms with Crippen molar-refractivity contribution in [2.45, 2.75) is 6.18 Å². The van der Waals surface area contributed by atoms with Crippen LogP contribution in [0, 0.1) is 10.1 Å². The Labute approximate surface area is 110 Å². The first-order valence-electron chi connectivity index (χ1n) is 4.75. The molecule has 1 aromatic rings. The van der Waals surface area contributed by atoms with Gasteiger partial charge in [0.2, 0.25) is 11.6 Å². The fourth-order valence-corrected chi connectivity index (χ4v) is 1.40. The van der Waals surface area contributed by atoms with Crippen LogP contribution in [0.15, 0.2) is 5.16 Å². The van der Waals surface area contributed by atoms with Gasteiger partial charge in [0.1, 0.15) is 0 Å². The number of hydrogen-bond acceptors (Lipinski definition) is 5. The quantitative estimate of drug-likeness (QED) is 0.480. The Kier molecular flexibility index (Phi) is 4.03. The topological polar surface area (TPSA) is 77.1 Å². The van der Waals surface area contributed by atoms with E-state index in [-0.39, 0.29) is 5.16 Å². The van der Waals surface area contributed by atoms with Crippen LogP contribution >= 0.6 is 11.6 Å². The Bertz CT molecular complexity index is 537. The molecule has 11 heteroatoms. The first-order valence-corrected chi connectivity index (χ1v) is 5.13. The van der Waals surface area contributed by atoms with E-state index >= 15 is 0 Å². The molecule has 0 spiro atoms. The summed E-state index contributed by atoms with van der Waals surface area (Å²) in [5, 5.41) is 16.7. The molecule has 0 atom stereocenters. The average molecular weight is 300 g/mol. The van der Waals surface area contributed by atoms with Crippen molar-refractivity contribution in [3.63, 3.8) is 0 Å². The number of aromatic nitrogens is 3. The predicted octanol–water partition coefficient (Wildman–Crippen LogP) is 1.54. The summed E-state index contributed by atoms with van der Waals surface area (Å²) < 4.78 is 38.1. The highest BCUT2D eigenvalue weighted by Crippen LogP contribution is 2.30. The molecule has 0 radical (unpaired) electrons. The number of nitrogens with zero attached hydrogens (tertiary/aromatic N) is 5. The second-order valence-corrected chi connectivity index (χ2v) is 4.05. The van der Waals surface area contributed by atoms with Gasteiger partial charge in [-0.1, -0.05) is 11.6 Å². The van der Waals surface area contributed by atoms with E-state index in [1.807, 2.05) is 0 Å². The highest BCUT2D eigenvalue weighted by molar-refractivity contribution is 6.31. The summed E-state index contributed by atoms with van der Waals surface area (Å²) in [6.45, 7) is 0. The summed E-state index contributed by atoms with van der Waals surface area (Å²) >= 11 is 5.71. The number of rotatable bonds is 3. The van der Waals surface area contributed by atoms with Crippen LogP contribution in [0.5, 0.6) is 0 Å². The van der Waals surface area contributed by atoms with Crippen LogP contribution in [0.4, 0.5) is 13.2 Å². The molecule has 0 saturated heterocycles. The molecule has 0 N–H and O–H groups in total. The number of halogens is 4. The number of alkyl halides is 3. The van der Waals surface area contributed by atoms with Crippen LogP contribution in [0.3, 0.4) is 0 Å². The normalized spacial score (nSPS) is 13.2. The lowest BCUT2D eigenvalue weighted by atomic mass is 10.4. The molecule has 0 aliphatic rings. The zero-order valence-electron chi connectivity index (χ0n) is 10.1. The van der Waals surface area contributed by atoms with Crippen molar-refractivity contribution in [3.05, 3.63) is 26.9 Å². The Morgan fingerprint density at radius 1 is 1.42 bits per heavy atom. The first kappa shape index (κ1) is 15.2. The van der Waals surface area contributed by atoms with Crippen molar-refractivity contribution in [2.75, 3.05) is 14.1 Å². The van der Waals surface area contributed by atoms with Gasteiger partial charge in [0.05, 0.1) is 4.92 Å². The van der Waals surface area contributed by atoms with Gasteiger partial charge in [-0.2, -0.15) is 13.2 Å². The molecular weight excluding hydrogens is 291 g/mol. The van der Waals surface area contributed by atoms with Gasteiger partial charge in [-0.3, -0.25) is 10.1 Å². The minimum atomic E-state index is -4.76. The van der Waals surface area contributed by atoms with Crippen molar-refractivity contribution in [1.82, 2.24) is 19.7 Å². The molecule has 1 rings (SSSR count). The molecule has 0 bridgehead atoms. The van der Waals surface area contributed by atoms with Crippen LogP contribution in [-0.2, 0) is 13.2 Å². The fourth-order valence-electron chi connectivity index (χ4n) is 1.24. The summed E-state index contributed by atoms with van der Waals surface area (Å²) in [5.41, 5.74) is -0.753. The summed E-state index contributed by atoms with van der Waals surface area (Å²) in [6.07, 6.45) is -4.76. The summed E-state index contributed by atoms with van der Waals surface area (Å²) in [4.78, 5) is 11.2. The SMILES string of the molecule is CN(C)C(Cl)=C(c1nnc(C(F)(F)F)n1C)[N+](=O)[O-]. The highest BCUT2D eigenvalue weighted by atomic mass is 35.5. The lowest BCUT2D eigenvalue weighted by molar-refractivity contribution is -0.377. The third-order valence-electron chi connectivity index (χ3n) is 2.11. The van der Waals surface area contributed by atoms with E-state index in [2.05, 4.69) is 10.2 Å². The van der Waals surface area contributed by atoms with Gasteiger partial charge in [0.25, 0.3) is 0 Å². The molecule has 0 amide bonds. The molecule has 0 aliphatic carbocycles. The van der Waals surface area contributed by atoms with E-state index < -0.39 is 28.4 Å². The van der Waals surface area contributed by atoms with Gasteiger partial charge in [-0.15, -0.1) is 10.2 Å². The molecule has 1 heterocycles. The summed E-state index contributed by atoms with van der Waals surface area (Å²) in [6, 6.07) is 0. The Morgan fingerprint density at radius 3 is 2.26 bits per heavy atom. The minimum Gasteiger partial charge on any atom is -0.363 e. The maximum atomic E-state index is 12.5. The number of hydrogen-bond donors (Lipinski definition) is 0. The Balaban J connectivity index is 3.48. The smallest absolute Gasteiger partial charge is 0.363 e. The standard InChI is InChI=1S/C8H9ClF3N5O2/c1-15(2)5(9)4(17(18)19)6-13-14-7(16(6)3)8(10,11)12/h1-3H3. The fraction of sp³-hybridized carbons (Fsp3) is 0.500. The van der Waals surface area contributed by atoms with Crippen molar-refractivity contribution in [2.24, 2.45) is 7.05 Å². The maximum absolute atomic E-state index is 12.5. The van der Waals surface area contributed by atoms with Gasteiger partial charge in [-0.25, -0.2) is 0 Å². The van der Waals surface area contributed by atoms with Crippen LogP contribution in [0.1, 0.15) is 11.6 Å². The molecule has 106 valence electrons. The van der Waals surface area contributed by atoms with Crippen molar-refractivity contribution in [3.8, 4) is 0 Å². The van der Waals surface area contributed by atoms with Crippen molar-refractivity contribution in [1.29, 1.82) is 0 Å². The second-order valence-electron chi connectivity index (χ2n) is 3.69. The Hall–Kier alpha value is -1.84. The van der Waals surface area contributed by atoms with E-state index in [9.17, 15) is 23.3 Å². The van der Waals surface area contributed by atoms with E-state index in [0.717, 1.165) is 7.05 Å². The zero-order valence-corrected chi connectivity index (χ0v) is 10.8. The summed E-state index contributed by atoms with van der Waals surface area (Å²) in [7, 11) is 3.79. The predicted molar refractivity (Wildman–Crippen MR) is 59.5 cm³/mol. The average Bonchev–Trinajstić information content (AvgIpc) is 2.59. The second kappa shape index (κ2) is 5.03. The zero-order chi connectivity index (χ0) is 15.0. The van der Waals surface area contributed by atoms with Gasteiger partial charge >= 0.3 is 11.9 Å². The summed E-state index contributed by atoms with van der Waals surface area (Å²) in [5.74, 6) is -1.92. The monoisotopic (exact) mass is 299 g/mol. The largest absolute Gasteiger partial charge is 0.451 e. The van der Waals surface area contributed by atoms with E-state index in [1.165, 1.54) is 19.0 Å². The van der Waals surface area contributed by atoms with Gasteiger partial charge in [0.15, 0.2) is 5.16 Å². The number of nitro groups is 1. The molecule has 0 saturated carbocycles. The lowest BCUT2D eigenvalue weighted by Crippen LogP contribution is -2.17. The van der Waals surface area contributed by atoms with Crippen LogP contribution in [-0.4, -0.2) is 38.7 Å². The lowest BCUT2D eigenvalue weighted by Gasteiger charge is -2.11. The van der Waals surface area contributed by atoms with Gasteiger partial charge < -0.3 is 9.47 Å². The molecule has 0 aliphatic heterocycles. The highest BCUT2D eigenvalue weighted by Gasteiger charge is 2.40. The minimum absolute atomic E-state index is 0.353. The Morgan fingerprint density at radius 2 is 1.95 bits per heavy atom. The van der Waals surface area contributed by atoms with E-state index in [4.69, 9.17) is 11.6 Å². The van der Waals surface area contributed by atoms with Gasteiger partial charge in [-0.05, 0) is 0 Å². The van der Waals surface area contributed by atoms with E-state index in [1.54, 1.807) is 0 Å². The molecular formula is C8H9ClF3N5O2. The third kappa shape index (κ3) is 2.95. The van der Waals surface area contributed by atoms with Crippen molar-refractivity contribution < 1.29 is 18.1 Å². The van der Waals surface area contributed by atoms with Crippen LogP contribution < -0.4 is 0 Å². The van der Waals surface area contributed by atoms with Crippen LogP contribution in [0.25, 0.3) is 5.70 Å².